The number of thiocarbonyl (C=S) groups is 1. The highest BCUT2D eigenvalue weighted by molar-refractivity contribution is 9.10. The summed E-state index contributed by atoms with van der Waals surface area (Å²) in [5.41, 5.74) is 1.17. The summed E-state index contributed by atoms with van der Waals surface area (Å²) in [4.78, 5) is 15.7. The van der Waals surface area contributed by atoms with Crippen molar-refractivity contribution in [1.29, 1.82) is 0 Å². The van der Waals surface area contributed by atoms with Crippen molar-refractivity contribution in [3.63, 3.8) is 0 Å². The van der Waals surface area contributed by atoms with E-state index in [1.807, 2.05) is 11.0 Å². The van der Waals surface area contributed by atoms with Gasteiger partial charge in [-0.25, -0.2) is 22.0 Å². The summed E-state index contributed by atoms with van der Waals surface area (Å²) in [7, 11) is 1.46. The first kappa shape index (κ1) is 29.8. The fourth-order valence-corrected chi connectivity index (χ4v) is 5.47. The van der Waals surface area contributed by atoms with Crippen LogP contribution < -0.4 is 25.2 Å². The Bertz CT molecular complexity index is 1480. The number of carbonyl (C=O) groups excluding carboxylic acids is 1. The summed E-state index contributed by atoms with van der Waals surface area (Å²) in [6.45, 7) is 2.19. The van der Waals surface area contributed by atoms with Crippen LogP contribution in [0, 0.1) is 36.0 Å². The third-order valence-corrected chi connectivity index (χ3v) is 7.21. The monoisotopic (exact) mass is 662 g/mol. The average molecular weight is 664 g/mol. The van der Waals surface area contributed by atoms with Crippen molar-refractivity contribution >= 4 is 67.8 Å². The SMILES string of the molecule is COc1c(C)cc(Br)cc1C(=O)NC(=S)Nc1ccc(N2CCN(c3c(F)c(F)c(F)c(F)c3F)CC2)c(Cl)c1. The Balaban J connectivity index is 1.41. The van der Waals surface area contributed by atoms with Gasteiger partial charge in [-0.2, -0.15) is 0 Å². The van der Waals surface area contributed by atoms with Gasteiger partial charge in [-0.05, 0) is 55.0 Å². The molecule has 1 saturated heterocycles. The summed E-state index contributed by atoms with van der Waals surface area (Å²) in [5, 5.41) is 5.81. The molecule has 212 valence electrons. The largest absolute Gasteiger partial charge is 0.496 e. The summed E-state index contributed by atoms with van der Waals surface area (Å²) in [6.07, 6.45) is 0. The maximum absolute atomic E-state index is 14.2. The number of hydrogen-bond acceptors (Lipinski definition) is 5. The molecule has 1 heterocycles. The molecule has 2 N–H and O–H groups in total. The van der Waals surface area contributed by atoms with E-state index in [2.05, 4.69) is 26.6 Å². The Morgan fingerprint density at radius 2 is 1.52 bits per heavy atom. The van der Waals surface area contributed by atoms with E-state index >= 15 is 0 Å². The van der Waals surface area contributed by atoms with Crippen LogP contribution in [0.1, 0.15) is 15.9 Å². The van der Waals surface area contributed by atoms with Crippen LogP contribution in [0.4, 0.5) is 39.0 Å². The molecule has 0 unspecified atom stereocenters. The van der Waals surface area contributed by atoms with E-state index in [1.54, 1.807) is 31.2 Å². The third-order valence-electron chi connectivity index (χ3n) is 6.24. The maximum atomic E-state index is 14.2. The van der Waals surface area contributed by atoms with Crippen LogP contribution in [0.5, 0.6) is 5.75 Å². The van der Waals surface area contributed by atoms with Crippen molar-refractivity contribution in [3.8, 4) is 5.75 Å². The third kappa shape index (κ3) is 5.96. The summed E-state index contributed by atoms with van der Waals surface area (Å²) < 4.78 is 75.2. The molecule has 0 atom stereocenters. The number of piperazine rings is 1. The molecule has 1 fully saturated rings. The van der Waals surface area contributed by atoms with Gasteiger partial charge in [0.2, 0.25) is 5.82 Å². The molecular formula is C26H21BrClF5N4O2S. The predicted molar refractivity (Wildman–Crippen MR) is 151 cm³/mol. The first-order valence-electron chi connectivity index (χ1n) is 11.7. The van der Waals surface area contributed by atoms with Crippen molar-refractivity contribution in [3.05, 3.63) is 80.0 Å². The van der Waals surface area contributed by atoms with Crippen molar-refractivity contribution in [1.82, 2.24) is 5.32 Å². The number of halogens is 7. The number of benzene rings is 3. The zero-order valence-electron chi connectivity index (χ0n) is 21.0. The Kier molecular flexibility index (Phi) is 9.06. The molecule has 1 amide bonds. The Morgan fingerprint density at radius 3 is 2.10 bits per heavy atom. The topological polar surface area (TPSA) is 56.8 Å². The van der Waals surface area contributed by atoms with Gasteiger partial charge in [-0.3, -0.25) is 10.1 Å². The zero-order chi connectivity index (χ0) is 29.3. The van der Waals surface area contributed by atoms with Crippen LogP contribution in [0.25, 0.3) is 0 Å². The van der Waals surface area contributed by atoms with Crippen LogP contribution in [0.2, 0.25) is 5.02 Å². The number of ether oxygens (including phenoxy) is 1. The lowest BCUT2D eigenvalue weighted by atomic mass is 10.1. The van der Waals surface area contributed by atoms with Crippen LogP contribution in [0.3, 0.4) is 0 Å². The number of anilines is 3. The fourth-order valence-electron chi connectivity index (χ4n) is 4.39. The van der Waals surface area contributed by atoms with Crippen LogP contribution in [-0.2, 0) is 0 Å². The molecular weight excluding hydrogens is 643 g/mol. The van der Waals surface area contributed by atoms with E-state index in [0.717, 1.165) is 10.5 Å². The van der Waals surface area contributed by atoms with Crippen molar-refractivity contribution in [2.24, 2.45) is 0 Å². The fraction of sp³-hybridized carbons (Fsp3) is 0.231. The van der Waals surface area contributed by atoms with E-state index in [1.165, 1.54) is 7.11 Å². The highest BCUT2D eigenvalue weighted by Gasteiger charge is 2.31. The van der Waals surface area contributed by atoms with Gasteiger partial charge in [0.25, 0.3) is 5.91 Å². The summed E-state index contributed by atoms with van der Waals surface area (Å²) in [6, 6.07) is 8.36. The number of nitrogens with zero attached hydrogens (tertiary/aromatic N) is 2. The molecule has 1 aliphatic rings. The lowest BCUT2D eigenvalue weighted by molar-refractivity contribution is 0.0974. The minimum absolute atomic E-state index is 0.0106. The minimum Gasteiger partial charge on any atom is -0.496 e. The van der Waals surface area contributed by atoms with E-state index < -0.39 is 40.7 Å². The number of hydrogen-bond donors (Lipinski definition) is 2. The van der Waals surface area contributed by atoms with Gasteiger partial charge in [0.1, 0.15) is 11.4 Å². The van der Waals surface area contributed by atoms with Crippen LogP contribution >= 0.6 is 39.7 Å². The molecule has 0 aromatic heterocycles. The number of rotatable bonds is 5. The van der Waals surface area contributed by atoms with Gasteiger partial charge >= 0.3 is 0 Å². The molecule has 40 heavy (non-hydrogen) atoms. The van der Waals surface area contributed by atoms with Gasteiger partial charge in [-0.1, -0.05) is 27.5 Å². The standard InChI is InChI=1S/C26H21BrClF5N4O2S/c1-12-9-13(27)10-15(24(12)39-2)25(38)35-26(40)34-14-3-4-17(16(28)11-14)36-5-7-37(8-6-36)23-21(32)19(30)18(29)20(31)22(23)33/h3-4,9-11H,5-8H2,1-2H3,(H2,34,35,38,40). The lowest BCUT2D eigenvalue weighted by Crippen LogP contribution is -2.47. The molecule has 0 radical (unpaired) electrons. The molecule has 0 bridgehead atoms. The normalized spacial score (nSPS) is 13.3. The van der Waals surface area contributed by atoms with Crippen molar-refractivity contribution in [2.75, 3.05) is 48.4 Å². The number of carbonyl (C=O) groups is 1. The van der Waals surface area contributed by atoms with Crippen LogP contribution in [0.15, 0.2) is 34.8 Å². The highest BCUT2D eigenvalue weighted by Crippen LogP contribution is 2.34. The Morgan fingerprint density at radius 1 is 0.950 bits per heavy atom. The van der Waals surface area contributed by atoms with E-state index in [0.29, 0.717) is 26.6 Å². The van der Waals surface area contributed by atoms with E-state index in [-0.39, 0.29) is 36.9 Å². The molecule has 1 aliphatic heterocycles. The Hall–Kier alpha value is -3.16. The second-order valence-corrected chi connectivity index (χ2v) is 10.5. The van der Waals surface area contributed by atoms with Gasteiger partial charge in [0, 0.05) is 36.3 Å². The first-order valence-corrected chi connectivity index (χ1v) is 13.3. The predicted octanol–water partition coefficient (Wildman–Crippen LogP) is 6.57. The molecule has 0 aliphatic carbocycles. The van der Waals surface area contributed by atoms with Gasteiger partial charge in [-0.15, -0.1) is 0 Å². The molecule has 4 rings (SSSR count). The maximum Gasteiger partial charge on any atom is 0.261 e. The smallest absolute Gasteiger partial charge is 0.261 e. The molecule has 3 aromatic rings. The van der Waals surface area contributed by atoms with Crippen molar-refractivity contribution in [2.45, 2.75) is 6.92 Å². The second kappa shape index (κ2) is 12.1. The lowest BCUT2D eigenvalue weighted by Gasteiger charge is -2.38. The molecule has 0 spiro atoms. The quantitative estimate of drug-likeness (QED) is 0.140. The minimum atomic E-state index is -2.19. The number of methoxy groups -OCH3 is 1. The number of aryl methyl sites for hydroxylation is 1. The van der Waals surface area contributed by atoms with Gasteiger partial charge < -0.3 is 19.9 Å². The molecule has 3 aromatic carbocycles. The zero-order valence-corrected chi connectivity index (χ0v) is 24.1. The van der Waals surface area contributed by atoms with E-state index in [9.17, 15) is 26.7 Å². The van der Waals surface area contributed by atoms with Gasteiger partial charge in [0.05, 0.1) is 23.4 Å². The number of nitrogens with one attached hydrogen (secondary N) is 2. The average Bonchev–Trinajstić information content (AvgIpc) is 2.91. The highest BCUT2D eigenvalue weighted by atomic mass is 79.9. The molecule has 14 heteroatoms. The molecule has 0 saturated carbocycles. The Labute approximate surface area is 245 Å². The van der Waals surface area contributed by atoms with E-state index in [4.69, 9.17) is 28.6 Å². The summed E-state index contributed by atoms with van der Waals surface area (Å²) in [5.74, 6) is -9.96. The molecule has 6 nitrogen and oxygen atoms in total. The first-order chi connectivity index (χ1) is 18.9. The number of amides is 1. The van der Waals surface area contributed by atoms with Crippen molar-refractivity contribution < 1.29 is 31.5 Å². The summed E-state index contributed by atoms with van der Waals surface area (Å²) >= 11 is 15.1. The van der Waals surface area contributed by atoms with Crippen LogP contribution in [-0.4, -0.2) is 44.3 Å². The van der Waals surface area contributed by atoms with Gasteiger partial charge in [0.15, 0.2) is 28.4 Å². The second-order valence-electron chi connectivity index (χ2n) is 8.77.